The number of hydrogen-bond acceptors (Lipinski definition) is 4. The van der Waals surface area contributed by atoms with Gasteiger partial charge in [0.25, 0.3) is 0 Å². The molecule has 0 atom stereocenters. The molecule has 1 aromatic heterocycles. The summed E-state index contributed by atoms with van der Waals surface area (Å²) in [5.41, 5.74) is 2.33. The third-order valence-electron chi connectivity index (χ3n) is 4.33. The van der Waals surface area contributed by atoms with Crippen LogP contribution in [0.15, 0.2) is 42.6 Å². The molecule has 6 heteroatoms. The van der Waals surface area contributed by atoms with E-state index < -0.39 is 5.97 Å². The lowest BCUT2D eigenvalue weighted by molar-refractivity contribution is -0.128. The van der Waals surface area contributed by atoms with E-state index in [1.807, 2.05) is 6.07 Å². The molecule has 0 spiro atoms. The van der Waals surface area contributed by atoms with Gasteiger partial charge in [0.05, 0.1) is 17.8 Å². The number of aromatic nitrogens is 1. The van der Waals surface area contributed by atoms with E-state index in [1.54, 1.807) is 36.5 Å². The van der Waals surface area contributed by atoms with Gasteiger partial charge >= 0.3 is 5.97 Å². The highest BCUT2D eigenvalue weighted by Gasteiger charge is 2.21. The van der Waals surface area contributed by atoms with Crippen LogP contribution in [-0.2, 0) is 16.1 Å². The van der Waals surface area contributed by atoms with Crippen molar-refractivity contribution in [2.75, 3.05) is 13.2 Å². The highest BCUT2D eigenvalue weighted by atomic mass is 16.5. The molecule has 0 radical (unpaired) electrons. The molecule has 1 aromatic carbocycles. The number of rotatable bonds is 5. The number of aromatic carboxylic acids is 1. The number of pyridine rings is 1. The standard InChI is InChI=1S/C19H20N2O4/c22-18(13-7-9-25-10-8-13)21-12-15-6-5-14(11-20-15)16-3-1-2-4-17(16)19(23)24/h1-6,11,13H,7-10,12H2,(H,21,22)(H,23,24). The minimum absolute atomic E-state index is 0.00969. The van der Waals surface area contributed by atoms with Gasteiger partial charge < -0.3 is 15.2 Å². The zero-order chi connectivity index (χ0) is 17.6. The van der Waals surface area contributed by atoms with E-state index in [4.69, 9.17) is 4.74 Å². The summed E-state index contributed by atoms with van der Waals surface area (Å²) in [6.45, 7) is 1.62. The molecule has 0 aliphatic carbocycles. The molecule has 1 aliphatic heterocycles. The number of nitrogens with one attached hydrogen (secondary N) is 1. The van der Waals surface area contributed by atoms with Gasteiger partial charge in [0, 0.05) is 30.9 Å². The van der Waals surface area contributed by atoms with Gasteiger partial charge in [0.2, 0.25) is 5.91 Å². The quantitative estimate of drug-likeness (QED) is 0.873. The maximum atomic E-state index is 12.1. The Balaban J connectivity index is 1.65. The molecule has 2 N–H and O–H groups in total. The second-order valence-corrected chi connectivity index (χ2v) is 5.99. The van der Waals surface area contributed by atoms with Gasteiger partial charge in [0.15, 0.2) is 0 Å². The highest BCUT2D eigenvalue weighted by Crippen LogP contribution is 2.23. The lowest BCUT2D eigenvalue weighted by Gasteiger charge is -2.21. The minimum atomic E-state index is -0.969. The second-order valence-electron chi connectivity index (χ2n) is 5.99. The van der Waals surface area contributed by atoms with Crippen molar-refractivity contribution in [3.63, 3.8) is 0 Å². The number of ether oxygens (including phenoxy) is 1. The Morgan fingerprint density at radius 3 is 2.60 bits per heavy atom. The molecule has 25 heavy (non-hydrogen) atoms. The molecule has 0 bridgehead atoms. The van der Waals surface area contributed by atoms with Gasteiger partial charge in [-0.25, -0.2) is 4.79 Å². The lowest BCUT2D eigenvalue weighted by atomic mass is 9.99. The molecule has 2 heterocycles. The van der Waals surface area contributed by atoms with Crippen LogP contribution in [-0.4, -0.2) is 35.2 Å². The predicted molar refractivity (Wildman–Crippen MR) is 92.0 cm³/mol. The summed E-state index contributed by atoms with van der Waals surface area (Å²) >= 11 is 0. The van der Waals surface area contributed by atoms with E-state index in [0.717, 1.165) is 24.1 Å². The Morgan fingerprint density at radius 1 is 1.16 bits per heavy atom. The zero-order valence-electron chi connectivity index (χ0n) is 13.8. The van der Waals surface area contributed by atoms with Crippen LogP contribution < -0.4 is 5.32 Å². The fourth-order valence-corrected chi connectivity index (χ4v) is 2.89. The molecule has 1 amide bonds. The number of nitrogens with zero attached hydrogens (tertiary/aromatic N) is 1. The van der Waals surface area contributed by atoms with Crippen LogP contribution in [0, 0.1) is 5.92 Å². The van der Waals surface area contributed by atoms with E-state index in [2.05, 4.69) is 10.3 Å². The van der Waals surface area contributed by atoms with E-state index in [-0.39, 0.29) is 17.4 Å². The van der Waals surface area contributed by atoms with Crippen LogP contribution >= 0.6 is 0 Å². The molecule has 6 nitrogen and oxygen atoms in total. The molecule has 1 saturated heterocycles. The van der Waals surface area contributed by atoms with Crippen LogP contribution in [0.5, 0.6) is 0 Å². The SMILES string of the molecule is O=C(O)c1ccccc1-c1ccc(CNC(=O)C2CCOCC2)nc1. The number of carboxylic acids is 1. The van der Waals surface area contributed by atoms with Gasteiger partial charge in [-0.1, -0.05) is 24.3 Å². The summed E-state index contributed by atoms with van der Waals surface area (Å²) in [6.07, 6.45) is 3.14. The highest BCUT2D eigenvalue weighted by molar-refractivity contribution is 5.95. The molecule has 0 unspecified atom stereocenters. The molecule has 0 saturated carbocycles. The first-order valence-corrected chi connectivity index (χ1v) is 8.28. The average molecular weight is 340 g/mol. The summed E-state index contributed by atoms with van der Waals surface area (Å²) in [5.74, 6) is -0.927. The smallest absolute Gasteiger partial charge is 0.336 e. The Morgan fingerprint density at radius 2 is 1.92 bits per heavy atom. The van der Waals surface area contributed by atoms with Gasteiger partial charge in [-0.15, -0.1) is 0 Å². The number of carbonyl (C=O) groups is 2. The van der Waals surface area contributed by atoms with E-state index >= 15 is 0 Å². The molecule has 1 aliphatic rings. The molecule has 3 rings (SSSR count). The van der Waals surface area contributed by atoms with Gasteiger partial charge in [-0.2, -0.15) is 0 Å². The van der Waals surface area contributed by atoms with Crippen molar-refractivity contribution in [3.8, 4) is 11.1 Å². The number of amides is 1. The first-order chi connectivity index (χ1) is 12.1. The van der Waals surface area contributed by atoms with Gasteiger partial charge in [0.1, 0.15) is 0 Å². The number of carboxylic acid groups (broad SMARTS) is 1. The van der Waals surface area contributed by atoms with Crippen molar-refractivity contribution in [2.24, 2.45) is 5.92 Å². The zero-order valence-corrected chi connectivity index (χ0v) is 13.8. The first-order valence-electron chi connectivity index (χ1n) is 8.28. The van der Waals surface area contributed by atoms with Gasteiger partial charge in [-0.05, 0) is 30.5 Å². The predicted octanol–water partition coefficient (Wildman–Crippen LogP) is 2.49. The molecule has 2 aromatic rings. The number of carbonyl (C=O) groups excluding carboxylic acids is 1. The second kappa shape index (κ2) is 7.90. The average Bonchev–Trinajstić information content (AvgIpc) is 2.67. The molecule has 130 valence electrons. The third-order valence-corrected chi connectivity index (χ3v) is 4.33. The summed E-state index contributed by atoms with van der Waals surface area (Å²) in [5, 5.41) is 12.2. The lowest BCUT2D eigenvalue weighted by Crippen LogP contribution is -2.34. The fraction of sp³-hybridized carbons (Fsp3) is 0.316. The van der Waals surface area contributed by atoms with Crippen molar-refractivity contribution in [3.05, 3.63) is 53.9 Å². The summed E-state index contributed by atoms with van der Waals surface area (Å²) in [7, 11) is 0. The van der Waals surface area contributed by atoms with Crippen molar-refractivity contribution in [2.45, 2.75) is 19.4 Å². The van der Waals surface area contributed by atoms with Crippen molar-refractivity contribution < 1.29 is 19.4 Å². The van der Waals surface area contributed by atoms with Crippen LogP contribution in [0.2, 0.25) is 0 Å². The summed E-state index contributed by atoms with van der Waals surface area (Å²) in [6, 6.07) is 10.4. The van der Waals surface area contributed by atoms with Crippen molar-refractivity contribution >= 4 is 11.9 Å². The fourth-order valence-electron chi connectivity index (χ4n) is 2.89. The van der Waals surface area contributed by atoms with Crippen LogP contribution in [0.3, 0.4) is 0 Å². The normalized spacial score (nSPS) is 14.9. The maximum Gasteiger partial charge on any atom is 0.336 e. The Bertz CT molecular complexity index is 752. The monoisotopic (exact) mass is 340 g/mol. The summed E-state index contributed by atoms with van der Waals surface area (Å²) in [4.78, 5) is 27.8. The van der Waals surface area contributed by atoms with Crippen molar-refractivity contribution in [1.82, 2.24) is 10.3 Å². The van der Waals surface area contributed by atoms with Crippen LogP contribution in [0.1, 0.15) is 28.9 Å². The third kappa shape index (κ3) is 4.22. The molecule has 1 fully saturated rings. The Hall–Kier alpha value is -2.73. The summed E-state index contributed by atoms with van der Waals surface area (Å²) < 4.78 is 5.26. The Kier molecular flexibility index (Phi) is 5.40. The van der Waals surface area contributed by atoms with Gasteiger partial charge in [-0.3, -0.25) is 9.78 Å². The largest absolute Gasteiger partial charge is 0.478 e. The van der Waals surface area contributed by atoms with E-state index in [1.165, 1.54) is 0 Å². The van der Waals surface area contributed by atoms with Crippen LogP contribution in [0.25, 0.3) is 11.1 Å². The number of benzene rings is 1. The van der Waals surface area contributed by atoms with Crippen molar-refractivity contribution in [1.29, 1.82) is 0 Å². The van der Waals surface area contributed by atoms with E-state index in [0.29, 0.717) is 25.3 Å². The Labute approximate surface area is 145 Å². The molecular formula is C19H20N2O4. The first kappa shape index (κ1) is 17.1. The topological polar surface area (TPSA) is 88.5 Å². The maximum absolute atomic E-state index is 12.1. The molecular weight excluding hydrogens is 320 g/mol. The van der Waals surface area contributed by atoms with E-state index in [9.17, 15) is 14.7 Å². The minimum Gasteiger partial charge on any atom is -0.478 e. The van der Waals surface area contributed by atoms with Crippen LogP contribution in [0.4, 0.5) is 0 Å². The number of hydrogen-bond donors (Lipinski definition) is 2.